The molecule has 1 N–H and O–H groups in total. The highest BCUT2D eigenvalue weighted by Crippen LogP contribution is 2.37. The van der Waals surface area contributed by atoms with E-state index in [4.69, 9.17) is 0 Å². The number of hydrogen-bond acceptors (Lipinski definition) is 2. The second kappa shape index (κ2) is 4.45. The Morgan fingerprint density at radius 2 is 1.94 bits per heavy atom. The first-order chi connectivity index (χ1) is 7.89. The molecule has 0 unspecified atom stereocenters. The number of anilines is 1. The first-order valence-corrected chi connectivity index (χ1v) is 6.34. The predicted octanol–water partition coefficient (Wildman–Crippen LogP) is 4.01. The Balaban J connectivity index is 2.37. The Labute approximate surface area is 112 Å². The van der Waals surface area contributed by atoms with Crippen molar-refractivity contribution in [3.05, 3.63) is 27.8 Å². The smallest absolute Gasteiger partial charge is 0.309 e. The lowest BCUT2D eigenvalue weighted by molar-refractivity contribution is -0.167. The molecule has 1 amide bonds. The zero-order chi connectivity index (χ0) is 12.6. The Hall–Kier alpha value is -0.830. The summed E-state index contributed by atoms with van der Waals surface area (Å²) in [6, 6.07) is 7.19. The zero-order valence-electron chi connectivity index (χ0n) is 8.14. The zero-order valence-corrected chi connectivity index (χ0v) is 11.1. The van der Waals surface area contributed by atoms with Gasteiger partial charge in [-0.2, -0.15) is 13.2 Å². The Kier molecular flexibility index (Phi) is 3.30. The van der Waals surface area contributed by atoms with Gasteiger partial charge in [-0.1, -0.05) is 18.2 Å². The summed E-state index contributed by atoms with van der Waals surface area (Å²) in [5.41, 5.74) is 0. The summed E-state index contributed by atoms with van der Waals surface area (Å²) in [5, 5.41) is 2.96. The highest BCUT2D eigenvalue weighted by Gasteiger charge is 2.39. The molecule has 2 nitrogen and oxygen atoms in total. The summed E-state index contributed by atoms with van der Waals surface area (Å²) in [6.45, 7) is 0. The normalized spacial score (nSPS) is 11.8. The van der Waals surface area contributed by atoms with E-state index < -0.39 is 12.1 Å². The Morgan fingerprint density at radius 1 is 1.29 bits per heavy atom. The van der Waals surface area contributed by atoms with Crippen LogP contribution in [0.3, 0.4) is 0 Å². The third-order valence-electron chi connectivity index (χ3n) is 2.02. The number of amides is 1. The SMILES string of the molecule is O=C(Nc1sc2ccccc2c1I)C(F)(F)F. The monoisotopic (exact) mass is 371 g/mol. The molecule has 0 saturated heterocycles. The average Bonchev–Trinajstić information content (AvgIpc) is 2.55. The van der Waals surface area contributed by atoms with Gasteiger partial charge in [-0.05, 0) is 28.7 Å². The molecule has 0 spiro atoms. The summed E-state index contributed by atoms with van der Waals surface area (Å²) in [4.78, 5) is 10.8. The molecule has 0 aliphatic carbocycles. The van der Waals surface area contributed by atoms with Crippen molar-refractivity contribution in [1.82, 2.24) is 0 Å². The maximum Gasteiger partial charge on any atom is 0.471 e. The number of hydrogen-bond donors (Lipinski definition) is 1. The summed E-state index contributed by atoms with van der Waals surface area (Å²) in [6.07, 6.45) is -4.86. The molecule has 0 aliphatic rings. The number of rotatable bonds is 1. The van der Waals surface area contributed by atoms with Gasteiger partial charge in [-0.15, -0.1) is 11.3 Å². The molecular formula is C10H5F3INOS. The van der Waals surface area contributed by atoms with Crippen LogP contribution in [-0.2, 0) is 4.79 Å². The van der Waals surface area contributed by atoms with Gasteiger partial charge >= 0.3 is 12.1 Å². The van der Waals surface area contributed by atoms with Crippen molar-refractivity contribution in [3.63, 3.8) is 0 Å². The summed E-state index contributed by atoms with van der Waals surface area (Å²) < 4.78 is 37.8. The summed E-state index contributed by atoms with van der Waals surface area (Å²) in [5.74, 6) is -1.94. The van der Waals surface area contributed by atoms with E-state index in [9.17, 15) is 18.0 Å². The molecule has 17 heavy (non-hydrogen) atoms. The highest BCUT2D eigenvalue weighted by molar-refractivity contribution is 14.1. The fourth-order valence-electron chi connectivity index (χ4n) is 1.27. The van der Waals surface area contributed by atoms with Crippen LogP contribution in [0.25, 0.3) is 10.1 Å². The van der Waals surface area contributed by atoms with Crippen LogP contribution in [0.15, 0.2) is 24.3 Å². The van der Waals surface area contributed by atoms with Crippen molar-refractivity contribution >= 4 is 54.9 Å². The predicted molar refractivity (Wildman–Crippen MR) is 69.2 cm³/mol. The number of carbonyl (C=O) groups excluding carboxylic acids is 1. The van der Waals surface area contributed by atoms with Gasteiger partial charge in [0.2, 0.25) is 0 Å². The summed E-state index contributed by atoms with van der Waals surface area (Å²) in [7, 11) is 0. The molecule has 0 aliphatic heterocycles. The van der Waals surface area contributed by atoms with Crippen molar-refractivity contribution in [3.8, 4) is 0 Å². The van der Waals surface area contributed by atoms with E-state index in [1.165, 1.54) is 0 Å². The molecule has 1 heterocycles. The minimum atomic E-state index is -4.86. The molecule has 0 radical (unpaired) electrons. The van der Waals surface area contributed by atoms with Gasteiger partial charge in [0.15, 0.2) is 0 Å². The topological polar surface area (TPSA) is 29.1 Å². The van der Waals surface area contributed by atoms with Gasteiger partial charge in [-0.3, -0.25) is 4.79 Å². The molecule has 1 aromatic carbocycles. The van der Waals surface area contributed by atoms with Crippen LogP contribution in [0, 0.1) is 3.57 Å². The molecule has 0 atom stereocenters. The van der Waals surface area contributed by atoms with Gasteiger partial charge in [0, 0.05) is 10.1 Å². The van der Waals surface area contributed by atoms with Crippen LogP contribution in [0.2, 0.25) is 0 Å². The lowest BCUT2D eigenvalue weighted by Gasteiger charge is -2.05. The minimum Gasteiger partial charge on any atom is -0.309 e. The number of carbonyl (C=O) groups is 1. The lowest BCUT2D eigenvalue weighted by Crippen LogP contribution is -2.29. The second-order valence-electron chi connectivity index (χ2n) is 3.19. The Bertz CT molecular complexity index is 578. The number of alkyl halides is 3. The fraction of sp³-hybridized carbons (Fsp3) is 0.100. The van der Waals surface area contributed by atoms with E-state index in [1.54, 1.807) is 24.3 Å². The van der Waals surface area contributed by atoms with Crippen LogP contribution in [0.5, 0.6) is 0 Å². The quantitative estimate of drug-likeness (QED) is 0.755. The molecule has 0 bridgehead atoms. The number of thiophene rings is 1. The van der Waals surface area contributed by atoms with Crippen molar-refractivity contribution < 1.29 is 18.0 Å². The third-order valence-corrected chi connectivity index (χ3v) is 4.59. The van der Waals surface area contributed by atoms with E-state index in [2.05, 4.69) is 0 Å². The molecule has 7 heteroatoms. The molecule has 2 rings (SSSR count). The van der Waals surface area contributed by atoms with Crippen LogP contribution < -0.4 is 5.32 Å². The first kappa shape index (κ1) is 12.6. The van der Waals surface area contributed by atoms with Crippen LogP contribution in [0.1, 0.15) is 0 Å². The van der Waals surface area contributed by atoms with E-state index in [-0.39, 0.29) is 5.00 Å². The van der Waals surface area contributed by atoms with Crippen LogP contribution >= 0.6 is 33.9 Å². The number of nitrogens with one attached hydrogen (secondary N) is 1. The first-order valence-electron chi connectivity index (χ1n) is 4.45. The van der Waals surface area contributed by atoms with Crippen molar-refractivity contribution in [2.24, 2.45) is 0 Å². The maximum atomic E-state index is 12.1. The Morgan fingerprint density at radius 3 is 2.53 bits per heavy atom. The van der Waals surface area contributed by atoms with E-state index in [0.29, 0.717) is 3.57 Å². The maximum absolute atomic E-state index is 12.1. The van der Waals surface area contributed by atoms with Gasteiger partial charge in [-0.25, -0.2) is 0 Å². The average molecular weight is 371 g/mol. The fourth-order valence-corrected chi connectivity index (χ4v) is 3.38. The largest absolute Gasteiger partial charge is 0.471 e. The number of halogens is 4. The van der Waals surface area contributed by atoms with Gasteiger partial charge in [0.1, 0.15) is 5.00 Å². The molecule has 1 aromatic heterocycles. The second-order valence-corrected chi connectivity index (χ2v) is 5.32. The molecule has 90 valence electrons. The number of fused-ring (bicyclic) bond motifs is 1. The third kappa shape index (κ3) is 2.54. The lowest BCUT2D eigenvalue weighted by atomic mass is 10.3. The molecule has 0 saturated carbocycles. The van der Waals surface area contributed by atoms with Crippen molar-refractivity contribution in [2.75, 3.05) is 5.32 Å². The standard InChI is InChI=1S/C10H5F3INOS/c11-10(12,13)9(16)15-8-7(14)5-3-1-2-4-6(5)17-8/h1-4H,(H,15,16). The molecule has 0 fully saturated rings. The number of benzene rings is 1. The molecular weight excluding hydrogens is 366 g/mol. The van der Waals surface area contributed by atoms with E-state index in [0.717, 1.165) is 21.4 Å². The van der Waals surface area contributed by atoms with Crippen molar-refractivity contribution in [1.29, 1.82) is 0 Å². The van der Waals surface area contributed by atoms with Crippen LogP contribution in [-0.4, -0.2) is 12.1 Å². The van der Waals surface area contributed by atoms with Gasteiger partial charge < -0.3 is 5.32 Å². The highest BCUT2D eigenvalue weighted by atomic mass is 127. The van der Waals surface area contributed by atoms with E-state index in [1.807, 2.05) is 27.9 Å². The van der Waals surface area contributed by atoms with Crippen LogP contribution in [0.4, 0.5) is 18.2 Å². The van der Waals surface area contributed by atoms with E-state index >= 15 is 0 Å². The minimum absolute atomic E-state index is 0.231. The molecule has 2 aromatic rings. The van der Waals surface area contributed by atoms with Gasteiger partial charge in [0.25, 0.3) is 0 Å². The van der Waals surface area contributed by atoms with Gasteiger partial charge in [0.05, 0.1) is 3.57 Å². The summed E-state index contributed by atoms with van der Waals surface area (Å²) >= 11 is 3.05. The van der Waals surface area contributed by atoms with Crippen molar-refractivity contribution in [2.45, 2.75) is 6.18 Å².